The monoisotopic (exact) mass is 1990 g/mol. The molecule has 19 aromatic carbocycles. The summed E-state index contributed by atoms with van der Waals surface area (Å²) in [7, 11) is 0. The summed E-state index contributed by atoms with van der Waals surface area (Å²) in [6.45, 7) is 0. The van der Waals surface area contributed by atoms with Crippen LogP contribution in [-0.4, -0.2) is 64.4 Å². The summed E-state index contributed by atoms with van der Waals surface area (Å²) in [4.78, 5) is 61.6. The average molecular weight is 1990 g/mol. The Balaban J connectivity index is 0.000000106. The predicted octanol–water partition coefficient (Wildman–Crippen LogP) is 35.7. The Kier molecular flexibility index (Phi) is 21.3. The van der Waals surface area contributed by atoms with Crippen molar-refractivity contribution in [3.05, 3.63) is 467 Å². The summed E-state index contributed by atoms with van der Waals surface area (Å²) < 4.78 is 18.0. The summed E-state index contributed by atoms with van der Waals surface area (Å²) >= 11 is 7.06. The number of rotatable bonds is 13. The molecular formula is C132H77N13OS4. The van der Waals surface area contributed by atoms with E-state index in [1.165, 1.54) is 50.6 Å². The molecule has 12 heterocycles. The van der Waals surface area contributed by atoms with Gasteiger partial charge in [-0.05, 0) is 115 Å². The van der Waals surface area contributed by atoms with E-state index in [4.69, 9.17) is 64.2 Å². The van der Waals surface area contributed by atoms with Gasteiger partial charge in [0.25, 0.3) is 0 Å². The van der Waals surface area contributed by atoms with Crippen LogP contribution >= 0.6 is 45.3 Å². The van der Waals surface area contributed by atoms with Crippen LogP contribution in [0.3, 0.4) is 0 Å². The van der Waals surface area contributed by atoms with Gasteiger partial charge in [-0.25, -0.2) is 59.8 Å². The SMILES string of the molecule is c1ccc(-c2nc(-c3ccc(-c4nc(-c5ccc6c(c5)c5ccccc5n6-c5ccccc5)nc5ccccc45)cc3)nc3c2sc2ccccc23)cc1.c1ccc(-c2nc(-c3ccc(-c4nc(-c5ccc6c(c5)oc5ccccc56)nc5ccccc45)cc3)nc3c2sc2ccccc23)cc1.c1ccc(-c2nc(-c3ccc(-c4nc(-c5ccc6sc7ccccc7c6c5)nc5ccccc45)cc3)nc3c2sc2ccccc23)cc1. The first-order chi connectivity index (χ1) is 74.3. The van der Waals surface area contributed by atoms with Crippen molar-refractivity contribution < 1.29 is 4.42 Å². The highest BCUT2D eigenvalue weighted by Crippen LogP contribution is 2.48. The van der Waals surface area contributed by atoms with E-state index in [2.05, 4.69) is 387 Å². The van der Waals surface area contributed by atoms with Crippen LogP contribution in [0.25, 0.3) is 299 Å². The molecule has 0 saturated carbocycles. The van der Waals surface area contributed by atoms with E-state index in [-0.39, 0.29) is 0 Å². The highest BCUT2D eigenvalue weighted by molar-refractivity contribution is 7.27. The first-order valence-corrected chi connectivity index (χ1v) is 52.9. The van der Waals surface area contributed by atoms with Gasteiger partial charge in [-0.1, -0.05) is 352 Å². The summed E-state index contributed by atoms with van der Waals surface area (Å²) in [6, 6.07) is 162. The molecule has 18 heteroatoms. The van der Waals surface area contributed by atoms with E-state index in [9.17, 15) is 0 Å². The van der Waals surface area contributed by atoms with Gasteiger partial charge in [-0.2, -0.15) is 0 Å². The minimum atomic E-state index is 0.653. The zero-order valence-corrected chi connectivity index (χ0v) is 83.1. The molecular weight excluding hydrogens is 1910 g/mol. The molecule has 0 aliphatic rings. The summed E-state index contributed by atoms with van der Waals surface area (Å²) in [5.41, 5.74) is 28.3. The molecule has 31 aromatic rings. The summed E-state index contributed by atoms with van der Waals surface area (Å²) in [5, 5.41) is 13.5. The van der Waals surface area contributed by atoms with Crippen molar-refractivity contribution in [2.24, 2.45) is 0 Å². The quantitative estimate of drug-likeness (QED) is 0.107. The lowest BCUT2D eigenvalue weighted by Crippen LogP contribution is -1.96. The predicted molar refractivity (Wildman–Crippen MR) is 624 cm³/mol. The molecule has 0 radical (unpaired) electrons. The number of hydrogen-bond acceptors (Lipinski definition) is 17. The molecule has 31 rings (SSSR count). The Bertz CT molecular complexity index is 10800. The maximum atomic E-state index is 6.19. The van der Waals surface area contributed by atoms with Crippen molar-refractivity contribution in [1.29, 1.82) is 0 Å². The minimum Gasteiger partial charge on any atom is -0.456 e. The van der Waals surface area contributed by atoms with E-state index < -0.39 is 0 Å². The molecule has 0 atom stereocenters. The second-order valence-corrected chi connectivity index (χ2v) is 41.4. The fourth-order valence-electron chi connectivity index (χ4n) is 20.8. The zero-order chi connectivity index (χ0) is 98.8. The number of aromatic nitrogens is 13. The van der Waals surface area contributed by atoms with Crippen LogP contribution < -0.4 is 0 Å². The van der Waals surface area contributed by atoms with Crippen molar-refractivity contribution in [2.75, 3.05) is 0 Å². The molecule has 0 aliphatic heterocycles. The van der Waals surface area contributed by atoms with Gasteiger partial charge >= 0.3 is 0 Å². The Morgan fingerprint density at radius 3 is 0.887 bits per heavy atom. The first-order valence-electron chi connectivity index (χ1n) is 49.6. The van der Waals surface area contributed by atoms with Gasteiger partial charge in [-0.15, -0.1) is 45.3 Å². The average Bonchev–Trinajstić information content (AvgIpc) is 1.57. The van der Waals surface area contributed by atoms with Crippen molar-refractivity contribution in [3.63, 3.8) is 0 Å². The molecule has 0 spiro atoms. The molecule has 0 aliphatic carbocycles. The highest BCUT2D eigenvalue weighted by atomic mass is 32.1. The molecule has 14 nitrogen and oxygen atoms in total. The highest BCUT2D eigenvalue weighted by Gasteiger charge is 2.26. The normalized spacial score (nSPS) is 11.7. The number of hydrogen-bond donors (Lipinski definition) is 0. The van der Waals surface area contributed by atoms with Gasteiger partial charge in [0.15, 0.2) is 34.9 Å². The molecule has 0 unspecified atom stereocenters. The van der Waals surface area contributed by atoms with Crippen molar-refractivity contribution >= 4 is 203 Å². The fraction of sp³-hybridized carbons (Fsp3) is 0. The first kappa shape index (κ1) is 87.5. The molecule has 0 fully saturated rings. The molecule has 150 heavy (non-hydrogen) atoms. The number of thiophene rings is 4. The zero-order valence-electron chi connectivity index (χ0n) is 79.8. The molecule has 0 N–H and O–H groups in total. The van der Waals surface area contributed by atoms with Gasteiger partial charge in [0.1, 0.15) is 11.2 Å². The van der Waals surface area contributed by atoms with Gasteiger partial charge < -0.3 is 8.98 Å². The van der Waals surface area contributed by atoms with Crippen LogP contribution in [0.1, 0.15) is 0 Å². The second-order valence-electron chi connectivity index (χ2n) is 37.1. The Labute approximate surface area is 873 Å². The van der Waals surface area contributed by atoms with E-state index in [1.54, 1.807) is 34.0 Å². The van der Waals surface area contributed by atoms with Gasteiger partial charge in [0, 0.05) is 161 Å². The second kappa shape index (κ2) is 36.6. The van der Waals surface area contributed by atoms with E-state index in [0.29, 0.717) is 29.1 Å². The van der Waals surface area contributed by atoms with Crippen LogP contribution in [-0.2, 0) is 0 Å². The molecule has 0 saturated heterocycles. The van der Waals surface area contributed by atoms with E-state index >= 15 is 0 Å². The van der Waals surface area contributed by atoms with Gasteiger partial charge in [-0.3, -0.25) is 0 Å². The lowest BCUT2D eigenvalue weighted by Gasteiger charge is -2.11. The smallest absolute Gasteiger partial charge is 0.160 e. The third-order valence-corrected chi connectivity index (χ3v) is 32.7. The Hall–Kier alpha value is -19.1. The fourth-order valence-corrected chi connectivity index (χ4v) is 25.4. The van der Waals surface area contributed by atoms with Gasteiger partial charge in [0.05, 0.1) is 92.4 Å². The number of nitrogens with zero attached hydrogens (tertiary/aromatic N) is 13. The van der Waals surface area contributed by atoms with Gasteiger partial charge in [0.2, 0.25) is 0 Å². The van der Waals surface area contributed by atoms with Crippen LogP contribution in [0.15, 0.2) is 472 Å². The number of benzene rings is 19. The standard InChI is InChI=1S/C48H29N5S.C42H24N4OS.C42H24N4S2/c1-3-13-30(14-4-1)44-46-45(37-19-9-12-22-42(37)54-46)52-47(51-44)32-25-23-31(24-26-32)43-36-18-7-10-20-39(36)49-48(50-43)33-27-28-41-38(29-33)35-17-8-11-21-40(35)53(41)34-15-5-2-6-16-34;1-2-10-25(11-3-1)38-40-39(32-14-6-9-17-36(32)48-40)46-41(45-38)27-20-18-26(19-21-27)37-31-13-4-7-15-33(31)43-42(44-37)28-22-23-30-29-12-5-8-16-34(29)47-35(30)24-28;1-2-10-25(11-3-1)38-40-39(31-14-6-9-17-35(31)48-40)46-41(45-38)27-20-18-26(19-21-27)37-30-13-4-7-15-33(30)43-42(44-37)28-22-23-36-32(24-28)29-12-5-8-16-34(29)47-36/h1-29H;2*1-24H. The van der Waals surface area contributed by atoms with E-state index in [1.807, 2.05) is 96.3 Å². The number of furan rings is 1. The lowest BCUT2D eigenvalue weighted by molar-refractivity contribution is 0.669. The molecule has 12 aromatic heterocycles. The van der Waals surface area contributed by atoms with Crippen molar-refractivity contribution in [1.82, 2.24) is 64.4 Å². The third kappa shape index (κ3) is 15.5. The molecule has 700 valence electrons. The summed E-state index contributed by atoms with van der Waals surface area (Å²) in [5.74, 6) is 4.17. The largest absolute Gasteiger partial charge is 0.456 e. The Morgan fingerprint density at radius 2 is 0.447 bits per heavy atom. The maximum Gasteiger partial charge on any atom is 0.160 e. The van der Waals surface area contributed by atoms with Crippen LogP contribution in [0.2, 0.25) is 0 Å². The topological polar surface area (TPSA) is 173 Å². The lowest BCUT2D eigenvalue weighted by atomic mass is 10.0. The number of para-hydroxylation sites is 6. The van der Waals surface area contributed by atoms with Crippen LogP contribution in [0, 0.1) is 0 Å². The number of fused-ring (bicyclic) bond motifs is 21. The maximum absolute atomic E-state index is 6.19. The van der Waals surface area contributed by atoms with Crippen molar-refractivity contribution in [2.45, 2.75) is 0 Å². The van der Waals surface area contributed by atoms with Crippen molar-refractivity contribution in [3.8, 4) is 142 Å². The van der Waals surface area contributed by atoms with Crippen LogP contribution in [0.4, 0.5) is 0 Å². The Morgan fingerprint density at radius 1 is 0.160 bits per heavy atom. The van der Waals surface area contributed by atoms with Crippen LogP contribution in [0.5, 0.6) is 0 Å². The minimum absolute atomic E-state index is 0.653. The van der Waals surface area contributed by atoms with E-state index in [0.717, 1.165) is 219 Å². The molecule has 0 bridgehead atoms. The third-order valence-electron chi connectivity index (χ3n) is 28.1. The summed E-state index contributed by atoms with van der Waals surface area (Å²) in [6.07, 6.45) is 0. The molecule has 0 amide bonds.